The number of aromatic nitrogens is 6. The maximum Gasteiger partial charge on any atom is 0.288 e. The Balaban J connectivity index is 0.000000337. The number of hydrogen-bond acceptors (Lipinski definition) is 12. The summed E-state index contributed by atoms with van der Waals surface area (Å²) in [6, 6.07) is 0.602. The van der Waals surface area contributed by atoms with Gasteiger partial charge in [0.1, 0.15) is 37.1 Å². The highest BCUT2D eigenvalue weighted by molar-refractivity contribution is 5.88. The zero-order chi connectivity index (χ0) is 30.3. The number of nitrogens with two attached hydrogens (primary N) is 2. The molecule has 0 aliphatic carbocycles. The highest BCUT2D eigenvalue weighted by Crippen LogP contribution is 2.31. The smallest absolute Gasteiger partial charge is 0.288 e. The largest absolute Gasteiger partial charge is 1.00 e. The number of carbonyl (C=O) groups is 2. The number of carbonyl (C=O) groups excluding carboxylic acids is 2. The summed E-state index contributed by atoms with van der Waals surface area (Å²) < 4.78 is 13.2. The summed E-state index contributed by atoms with van der Waals surface area (Å²) in [6.45, 7) is 10.2. The fourth-order valence-corrected chi connectivity index (χ4v) is 3.59. The SMILES string of the molecule is CC(C)C(C)[NH3+].CC[C@@H]1O[C@H](n2cnc(C(N)=O)n2)[C@@H](O)[C@H]1O.CC[C@H]1O[C@@H](n2cnc(C(N)=O)n2)[C@H](O)[C@@H]1O.[Cl-]. The molecule has 0 radical (unpaired) electrons. The normalized spacial score (nSPS) is 29.5. The van der Waals surface area contributed by atoms with Crippen molar-refractivity contribution in [2.24, 2.45) is 17.4 Å². The van der Waals surface area contributed by atoms with Gasteiger partial charge in [-0.05, 0) is 19.8 Å². The van der Waals surface area contributed by atoms with E-state index in [0.717, 1.165) is 5.92 Å². The van der Waals surface area contributed by atoms with Gasteiger partial charge in [0.25, 0.3) is 11.8 Å². The van der Waals surface area contributed by atoms with Gasteiger partial charge in [-0.1, -0.05) is 27.7 Å². The third kappa shape index (κ3) is 9.11. The molecule has 41 heavy (non-hydrogen) atoms. The zero-order valence-electron chi connectivity index (χ0n) is 23.7. The van der Waals surface area contributed by atoms with Crippen LogP contribution in [0.4, 0.5) is 0 Å². The molecule has 2 aromatic rings. The molecule has 234 valence electrons. The van der Waals surface area contributed by atoms with E-state index in [1.807, 2.05) is 13.8 Å². The van der Waals surface area contributed by atoms with E-state index in [9.17, 15) is 30.0 Å². The molecule has 2 fully saturated rings. The van der Waals surface area contributed by atoms with Crippen LogP contribution < -0.4 is 29.6 Å². The van der Waals surface area contributed by atoms with Gasteiger partial charge in [-0.2, -0.15) is 0 Å². The molecule has 4 rings (SSSR count). The summed E-state index contributed by atoms with van der Waals surface area (Å²) in [7, 11) is 0. The van der Waals surface area contributed by atoms with Crippen molar-refractivity contribution in [2.45, 2.75) is 103 Å². The lowest BCUT2D eigenvalue weighted by molar-refractivity contribution is -0.424. The van der Waals surface area contributed by atoms with Crippen LogP contribution in [0.25, 0.3) is 0 Å². The fourth-order valence-electron chi connectivity index (χ4n) is 3.59. The quantitative estimate of drug-likeness (QED) is 0.155. The summed E-state index contributed by atoms with van der Waals surface area (Å²) >= 11 is 0. The van der Waals surface area contributed by atoms with Gasteiger partial charge in [0, 0.05) is 5.92 Å². The van der Waals surface area contributed by atoms with Crippen LogP contribution in [-0.4, -0.2) is 104 Å². The van der Waals surface area contributed by atoms with Gasteiger partial charge < -0.3 is 59.5 Å². The summed E-state index contributed by atoms with van der Waals surface area (Å²) in [5.74, 6) is -1.09. The molecule has 11 N–H and O–H groups in total. The molecular formula is C23H42ClN9O8. The second-order valence-electron chi connectivity index (χ2n) is 9.96. The van der Waals surface area contributed by atoms with Crippen molar-refractivity contribution in [1.29, 1.82) is 0 Å². The van der Waals surface area contributed by atoms with Crippen LogP contribution in [0, 0.1) is 5.92 Å². The lowest BCUT2D eigenvalue weighted by Gasteiger charge is -2.13. The van der Waals surface area contributed by atoms with Crippen molar-refractivity contribution in [2.75, 3.05) is 0 Å². The van der Waals surface area contributed by atoms with Crippen molar-refractivity contribution < 1.29 is 57.6 Å². The minimum absolute atomic E-state index is 0. The molecule has 0 spiro atoms. The first kappa shape index (κ1) is 36.3. The lowest BCUT2D eigenvalue weighted by atomic mass is 10.1. The third-order valence-corrected chi connectivity index (χ3v) is 6.60. The van der Waals surface area contributed by atoms with Gasteiger partial charge in [-0.15, -0.1) is 10.2 Å². The first-order valence-electron chi connectivity index (χ1n) is 13.0. The molecule has 4 heterocycles. The van der Waals surface area contributed by atoms with E-state index in [0.29, 0.717) is 18.9 Å². The van der Waals surface area contributed by atoms with Crippen molar-refractivity contribution in [3.05, 3.63) is 24.3 Å². The second-order valence-corrected chi connectivity index (χ2v) is 9.96. The van der Waals surface area contributed by atoms with Crippen molar-refractivity contribution in [1.82, 2.24) is 29.5 Å². The van der Waals surface area contributed by atoms with Gasteiger partial charge in [-0.25, -0.2) is 19.3 Å². The minimum atomic E-state index is -1.11. The van der Waals surface area contributed by atoms with E-state index in [1.54, 1.807) is 0 Å². The summed E-state index contributed by atoms with van der Waals surface area (Å²) in [4.78, 5) is 29.0. The Bertz CT molecular complexity index is 1020. The van der Waals surface area contributed by atoms with Gasteiger partial charge >= 0.3 is 0 Å². The van der Waals surface area contributed by atoms with Crippen molar-refractivity contribution in [3.8, 4) is 0 Å². The number of halogens is 1. The molecule has 1 unspecified atom stereocenters. The van der Waals surface area contributed by atoms with Gasteiger partial charge in [-0.3, -0.25) is 9.59 Å². The first-order valence-corrected chi connectivity index (χ1v) is 13.0. The molecule has 0 saturated carbocycles. The van der Waals surface area contributed by atoms with Crippen LogP contribution in [0.5, 0.6) is 0 Å². The van der Waals surface area contributed by atoms with Gasteiger partial charge in [0.15, 0.2) is 12.5 Å². The molecule has 2 aromatic heterocycles. The van der Waals surface area contributed by atoms with E-state index in [4.69, 9.17) is 20.9 Å². The summed E-state index contributed by atoms with van der Waals surface area (Å²) in [6.07, 6.45) is -3.21. The van der Waals surface area contributed by atoms with Crippen LogP contribution >= 0.6 is 0 Å². The summed E-state index contributed by atoms with van der Waals surface area (Å²) in [5.41, 5.74) is 13.9. The van der Waals surface area contributed by atoms with Crippen molar-refractivity contribution in [3.63, 3.8) is 0 Å². The van der Waals surface area contributed by atoms with Crippen LogP contribution in [0.3, 0.4) is 0 Å². The monoisotopic (exact) mass is 607 g/mol. The number of aliphatic hydroxyl groups excluding tert-OH is 4. The number of amides is 2. The Labute approximate surface area is 243 Å². The standard InChI is InChI=1S/2C9H14N4O4.C5H13N.ClH/c2*1-2-4-5(14)6(15)9(17-4)13-3-11-8(12-13)7(10)16;1-4(2)5(3)6;/h2*3-6,9,14-15H,2H2,1H3,(H2,10,16);4-5H,6H2,1-3H3;1H/t2*4-,5-,6-,9-;;/m10../s1. The number of primary amides is 2. The second kappa shape index (κ2) is 16.0. The Morgan fingerprint density at radius 3 is 1.34 bits per heavy atom. The molecule has 2 aliphatic rings. The Kier molecular flexibility index (Phi) is 14.2. The molecule has 9 atom stereocenters. The van der Waals surface area contributed by atoms with E-state index < -0.39 is 60.9 Å². The maximum atomic E-state index is 10.8. The predicted octanol–water partition coefficient (Wildman–Crippen LogP) is -5.91. The molecule has 0 aromatic carbocycles. The molecule has 17 nitrogen and oxygen atoms in total. The molecule has 2 saturated heterocycles. The highest BCUT2D eigenvalue weighted by atomic mass is 35.5. The van der Waals surface area contributed by atoms with Crippen LogP contribution in [0.15, 0.2) is 12.7 Å². The Morgan fingerprint density at radius 1 is 0.829 bits per heavy atom. The van der Waals surface area contributed by atoms with E-state index >= 15 is 0 Å². The van der Waals surface area contributed by atoms with Gasteiger partial charge in [0.2, 0.25) is 11.6 Å². The number of aliphatic hydroxyl groups is 4. The van der Waals surface area contributed by atoms with Crippen LogP contribution in [-0.2, 0) is 9.47 Å². The van der Waals surface area contributed by atoms with E-state index in [2.05, 4.69) is 46.7 Å². The Hall–Kier alpha value is -2.77. The molecule has 2 aliphatic heterocycles. The molecular weight excluding hydrogens is 566 g/mol. The average Bonchev–Trinajstić information content (AvgIpc) is 3.69. The Morgan fingerprint density at radius 2 is 1.15 bits per heavy atom. The van der Waals surface area contributed by atoms with Crippen LogP contribution in [0.2, 0.25) is 0 Å². The minimum Gasteiger partial charge on any atom is -1.00 e. The van der Waals surface area contributed by atoms with Crippen molar-refractivity contribution >= 4 is 11.8 Å². The summed E-state index contributed by atoms with van der Waals surface area (Å²) in [5, 5.41) is 46.5. The molecule has 2 amide bonds. The van der Waals surface area contributed by atoms with Crippen LogP contribution in [0.1, 0.15) is 81.2 Å². The fraction of sp³-hybridized carbons (Fsp3) is 0.739. The molecule has 18 heteroatoms. The highest BCUT2D eigenvalue weighted by Gasteiger charge is 2.44. The molecule has 0 bridgehead atoms. The average molecular weight is 608 g/mol. The number of nitrogens with zero attached hydrogens (tertiary/aromatic N) is 6. The predicted molar refractivity (Wildman–Crippen MR) is 137 cm³/mol. The lowest BCUT2D eigenvalue weighted by Crippen LogP contribution is -3.00. The van der Waals surface area contributed by atoms with E-state index in [1.165, 1.54) is 22.0 Å². The van der Waals surface area contributed by atoms with Gasteiger partial charge in [0.05, 0.1) is 18.2 Å². The maximum absolute atomic E-state index is 10.8. The topological polar surface area (TPSA) is 275 Å². The zero-order valence-corrected chi connectivity index (χ0v) is 24.4. The number of hydrogen-bond donors (Lipinski definition) is 7. The third-order valence-electron chi connectivity index (χ3n) is 6.60. The first-order chi connectivity index (χ1) is 18.7. The number of rotatable bonds is 7. The van der Waals surface area contributed by atoms with E-state index in [-0.39, 0.29) is 24.1 Å². The number of ether oxygens (including phenoxy) is 2. The number of quaternary nitrogens is 1.